The van der Waals surface area contributed by atoms with Gasteiger partial charge in [-0.3, -0.25) is 9.78 Å². The maximum absolute atomic E-state index is 13.4. The average molecular weight is 387 g/mol. The van der Waals surface area contributed by atoms with Gasteiger partial charge in [0.2, 0.25) is 10.0 Å². The van der Waals surface area contributed by atoms with Crippen LogP contribution in [0.3, 0.4) is 0 Å². The first-order valence-corrected chi connectivity index (χ1v) is 10.2. The molecule has 1 saturated heterocycles. The summed E-state index contributed by atoms with van der Waals surface area (Å²) >= 11 is 0. The molecule has 1 unspecified atom stereocenters. The van der Waals surface area contributed by atoms with Crippen LogP contribution in [-0.4, -0.2) is 55.3 Å². The van der Waals surface area contributed by atoms with Crippen LogP contribution in [-0.2, 0) is 10.0 Å². The molecule has 4 rings (SSSR count). The zero-order valence-corrected chi connectivity index (χ0v) is 16.3. The van der Waals surface area contributed by atoms with Crippen molar-refractivity contribution in [1.29, 1.82) is 0 Å². The number of aromatic nitrogens is 1. The van der Waals surface area contributed by atoms with E-state index in [9.17, 15) is 13.2 Å². The zero-order chi connectivity index (χ0) is 19.3. The summed E-state index contributed by atoms with van der Waals surface area (Å²) in [5, 5.41) is 0. The van der Waals surface area contributed by atoms with Crippen molar-refractivity contribution >= 4 is 15.9 Å². The first-order valence-electron chi connectivity index (χ1n) is 8.76. The lowest BCUT2D eigenvalue weighted by Crippen LogP contribution is -2.49. The number of piperazine rings is 1. The number of carbonyl (C=O) groups excluding carboxylic acids is 1. The highest BCUT2D eigenvalue weighted by molar-refractivity contribution is 7.89. The summed E-state index contributed by atoms with van der Waals surface area (Å²) in [5.74, 6) is 0.560. The van der Waals surface area contributed by atoms with Gasteiger partial charge in [0, 0.05) is 25.8 Å². The molecule has 0 bridgehead atoms. The van der Waals surface area contributed by atoms with Gasteiger partial charge in [0.25, 0.3) is 5.91 Å². The summed E-state index contributed by atoms with van der Waals surface area (Å²) < 4.78 is 33.4. The summed E-state index contributed by atoms with van der Waals surface area (Å²) in [4.78, 5) is 18.9. The van der Waals surface area contributed by atoms with E-state index in [2.05, 4.69) is 4.98 Å². The number of methoxy groups -OCH3 is 1. The molecule has 1 aromatic carbocycles. The van der Waals surface area contributed by atoms with Gasteiger partial charge in [-0.2, -0.15) is 4.31 Å². The zero-order valence-electron chi connectivity index (χ0n) is 15.5. The Hall–Kier alpha value is -2.45. The van der Waals surface area contributed by atoms with Gasteiger partial charge >= 0.3 is 0 Å². The van der Waals surface area contributed by atoms with Crippen LogP contribution in [0, 0.1) is 13.8 Å². The number of ether oxygens (including phenoxy) is 1. The summed E-state index contributed by atoms with van der Waals surface area (Å²) in [6.45, 7) is 4.38. The molecule has 0 spiro atoms. The molecule has 1 aromatic heterocycles. The van der Waals surface area contributed by atoms with Crippen molar-refractivity contribution < 1.29 is 17.9 Å². The van der Waals surface area contributed by atoms with Gasteiger partial charge in [0.1, 0.15) is 5.75 Å². The molecule has 7 nitrogen and oxygen atoms in total. The number of rotatable bonds is 3. The predicted molar refractivity (Wildman–Crippen MR) is 99.2 cm³/mol. The van der Waals surface area contributed by atoms with Gasteiger partial charge in [-0.1, -0.05) is 0 Å². The van der Waals surface area contributed by atoms with Gasteiger partial charge in [-0.25, -0.2) is 8.42 Å². The second-order valence-electron chi connectivity index (χ2n) is 6.90. The number of hydrogen-bond donors (Lipinski definition) is 0. The highest BCUT2D eigenvalue weighted by Crippen LogP contribution is 2.37. The van der Waals surface area contributed by atoms with Crippen LogP contribution in [0.2, 0.25) is 0 Å². The number of sulfonamides is 1. The first-order chi connectivity index (χ1) is 12.8. The molecule has 0 aliphatic carbocycles. The third kappa shape index (κ3) is 2.71. The van der Waals surface area contributed by atoms with Crippen molar-refractivity contribution in [3.8, 4) is 5.75 Å². The Balaban J connectivity index is 1.71. The Morgan fingerprint density at radius 1 is 1.19 bits per heavy atom. The number of aryl methyl sites for hydroxylation is 2. The van der Waals surface area contributed by atoms with Crippen molar-refractivity contribution in [3.63, 3.8) is 0 Å². The molecular weight excluding hydrogens is 366 g/mol. The third-order valence-electron chi connectivity index (χ3n) is 5.26. The van der Waals surface area contributed by atoms with E-state index < -0.39 is 10.0 Å². The van der Waals surface area contributed by atoms with Crippen LogP contribution in [0.15, 0.2) is 35.4 Å². The minimum atomic E-state index is -3.69. The van der Waals surface area contributed by atoms with E-state index in [1.807, 2.05) is 0 Å². The molecule has 1 atom stereocenters. The average Bonchev–Trinajstić information content (AvgIpc) is 2.93. The lowest BCUT2D eigenvalue weighted by Gasteiger charge is -2.37. The number of hydrogen-bond acceptors (Lipinski definition) is 5. The van der Waals surface area contributed by atoms with Gasteiger partial charge in [-0.15, -0.1) is 0 Å². The van der Waals surface area contributed by atoms with Crippen molar-refractivity contribution in [2.24, 2.45) is 0 Å². The molecule has 2 aliphatic rings. The van der Waals surface area contributed by atoms with Crippen molar-refractivity contribution in [3.05, 3.63) is 52.8 Å². The summed E-state index contributed by atoms with van der Waals surface area (Å²) in [7, 11) is -2.14. The van der Waals surface area contributed by atoms with Crippen LogP contribution < -0.4 is 4.74 Å². The van der Waals surface area contributed by atoms with E-state index in [4.69, 9.17) is 4.74 Å². The first kappa shape index (κ1) is 17.9. The van der Waals surface area contributed by atoms with E-state index in [0.29, 0.717) is 39.6 Å². The predicted octanol–water partition coefficient (Wildman–Crippen LogP) is 1.91. The van der Waals surface area contributed by atoms with Crippen LogP contribution in [0.25, 0.3) is 0 Å². The Kier molecular flexibility index (Phi) is 4.20. The van der Waals surface area contributed by atoms with Crippen molar-refractivity contribution in [2.75, 3.05) is 26.7 Å². The molecule has 1 fully saturated rings. The molecule has 3 heterocycles. The summed E-state index contributed by atoms with van der Waals surface area (Å²) in [6.07, 6.45) is 1.64. The fourth-order valence-electron chi connectivity index (χ4n) is 4.04. The maximum Gasteiger partial charge on any atom is 0.256 e. The molecule has 8 heteroatoms. The largest absolute Gasteiger partial charge is 0.497 e. The molecule has 0 N–H and O–H groups in total. The SMILES string of the molecule is COc1cc(C)c(S(=O)(=O)N2CCN3C(=O)c4cccnc4C3C2)c(C)c1. The van der Waals surface area contributed by atoms with Crippen molar-refractivity contribution in [1.82, 2.24) is 14.2 Å². The minimum Gasteiger partial charge on any atom is -0.497 e. The number of nitrogens with zero attached hydrogens (tertiary/aromatic N) is 3. The summed E-state index contributed by atoms with van der Waals surface area (Å²) in [5.41, 5.74) is 2.52. The molecule has 2 aliphatic heterocycles. The second-order valence-corrected chi connectivity index (χ2v) is 8.78. The molecule has 27 heavy (non-hydrogen) atoms. The molecule has 2 aromatic rings. The van der Waals surface area contributed by atoms with Crippen LogP contribution in [0.4, 0.5) is 0 Å². The van der Waals surface area contributed by atoms with Gasteiger partial charge in [0.05, 0.1) is 29.3 Å². The van der Waals surface area contributed by atoms with E-state index in [1.54, 1.807) is 56.3 Å². The fourth-order valence-corrected chi connectivity index (χ4v) is 5.89. The minimum absolute atomic E-state index is 0.0723. The summed E-state index contributed by atoms with van der Waals surface area (Å²) in [6, 6.07) is 6.60. The molecule has 0 saturated carbocycles. The second kappa shape index (κ2) is 6.31. The number of pyridine rings is 1. The highest BCUT2D eigenvalue weighted by Gasteiger charge is 2.44. The monoisotopic (exact) mass is 387 g/mol. The van der Waals surface area contributed by atoms with E-state index >= 15 is 0 Å². The Bertz CT molecular complexity index is 1010. The molecular formula is C19H21N3O4S. The number of carbonyl (C=O) groups is 1. The van der Waals surface area contributed by atoms with Crippen LogP contribution in [0.5, 0.6) is 5.75 Å². The van der Waals surface area contributed by atoms with E-state index in [-0.39, 0.29) is 25.0 Å². The quantitative estimate of drug-likeness (QED) is 0.804. The molecule has 142 valence electrons. The van der Waals surface area contributed by atoms with Crippen LogP contribution in [0.1, 0.15) is 33.2 Å². The number of amides is 1. The highest BCUT2D eigenvalue weighted by atomic mass is 32.2. The lowest BCUT2D eigenvalue weighted by atomic mass is 10.1. The van der Waals surface area contributed by atoms with E-state index in [1.165, 1.54) is 4.31 Å². The standard InChI is InChI=1S/C19H21N3O4S/c1-12-9-14(26-3)10-13(2)18(12)27(24,25)21-7-8-22-16(11-21)17-15(19(22)23)5-4-6-20-17/h4-6,9-10,16H,7-8,11H2,1-3H3. The number of fused-ring (bicyclic) bond motifs is 3. The van der Waals surface area contributed by atoms with Crippen LogP contribution >= 0.6 is 0 Å². The molecule has 0 radical (unpaired) electrons. The molecule has 1 amide bonds. The van der Waals surface area contributed by atoms with Gasteiger partial charge in [-0.05, 0) is 49.2 Å². The van der Waals surface area contributed by atoms with Crippen molar-refractivity contribution in [2.45, 2.75) is 24.8 Å². The maximum atomic E-state index is 13.4. The third-order valence-corrected chi connectivity index (χ3v) is 7.43. The smallest absolute Gasteiger partial charge is 0.256 e. The normalized spacial score (nSPS) is 19.7. The van der Waals surface area contributed by atoms with Gasteiger partial charge < -0.3 is 9.64 Å². The Labute approximate surface area is 158 Å². The number of benzene rings is 1. The van der Waals surface area contributed by atoms with Gasteiger partial charge in [0.15, 0.2) is 0 Å². The topological polar surface area (TPSA) is 79.8 Å². The Morgan fingerprint density at radius 2 is 1.89 bits per heavy atom. The Morgan fingerprint density at radius 3 is 2.56 bits per heavy atom. The lowest BCUT2D eigenvalue weighted by molar-refractivity contribution is 0.0625. The fraction of sp³-hybridized carbons (Fsp3) is 0.368. The van der Waals surface area contributed by atoms with E-state index in [0.717, 1.165) is 0 Å².